The number of methoxy groups -OCH3 is 1. The smallest absolute Gasteiger partial charge is 0.269 e. The maximum absolute atomic E-state index is 13.3. The Morgan fingerprint density at radius 3 is 2.15 bits per heavy atom. The molecule has 0 aromatic heterocycles. The van der Waals surface area contributed by atoms with E-state index in [1.54, 1.807) is 12.4 Å². The van der Waals surface area contributed by atoms with Crippen molar-refractivity contribution in [2.24, 2.45) is 23.7 Å². The van der Waals surface area contributed by atoms with Crippen LogP contribution in [0.15, 0.2) is 36.4 Å². The number of nitrogens with one attached hydrogen (secondary N) is 2. The summed E-state index contributed by atoms with van der Waals surface area (Å²) < 4.78 is 5.13. The van der Waals surface area contributed by atoms with Crippen LogP contribution in [0.2, 0.25) is 0 Å². The van der Waals surface area contributed by atoms with Crippen molar-refractivity contribution in [3.05, 3.63) is 42.0 Å². The Hall–Kier alpha value is -2.71. The minimum Gasteiger partial charge on any atom is -0.372 e. The minimum atomic E-state index is -0.812. The predicted octanol–water partition coefficient (Wildman–Crippen LogP) is 3.42. The van der Waals surface area contributed by atoms with Gasteiger partial charge in [-0.15, -0.1) is 0 Å². The Morgan fingerprint density at radius 2 is 1.64 bits per heavy atom. The largest absolute Gasteiger partial charge is 0.372 e. The van der Waals surface area contributed by atoms with Crippen LogP contribution in [-0.2, 0) is 19.1 Å². The fourth-order valence-corrected chi connectivity index (χ4v) is 3.51. The van der Waals surface area contributed by atoms with E-state index in [0.717, 1.165) is 5.56 Å². The Labute approximate surface area is 197 Å². The van der Waals surface area contributed by atoms with Crippen LogP contribution >= 0.6 is 0 Å². The van der Waals surface area contributed by atoms with Crippen LogP contribution in [0.5, 0.6) is 0 Å². The third kappa shape index (κ3) is 9.75. The number of ether oxygens (including phenoxy) is 1. The fraction of sp³-hybridized carbons (Fsp3) is 0.560. The number of carbonyl (C=O) groups is 3. The molecule has 8 heteroatoms. The SMILES string of the molecule is CO[C@H](C)C(=O)N(CC(C)C)NC(=O)[C@@H](CC(C)C)[C@H](CC=Cc1ccccc1)C(=O)NO. The molecule has 0 unspecified atom stereocenters. The van der Waals surface area contributed by atoms with E-state index in [1.807, 2.05) is 70.2 Å². The molecular formula is C25H39N3O5. The van der Waals surface area contributed by atoms with Crippen molar-refractivity contribution < 1.29 is 24.3 Å². The maximum atomic E-state index is 13.3. The van der Waals surface area contributed by atoms with Crippen LogP contribution in [0.4, 0.5) is 0 Å². The van der Waals surface area contributed by atoms with Gasteiger partial charge < -0.3 is 4.74 Å². The fourth-order valence-electron chi connectivity index (χ4n) is 3.51. The highest BCUT2D eigenvalue weighted by molar-refractivity contribution is 5.89. The quantitative estimate of drug-likeness (QED) is 0.326. The molecule has 0 bridgehead atoms. The highest BCUT2D eigenvalue weighted by Crippen LogP contribution is 2.26. The van der Waals surface area contributed by atoms with Crippen LogP contribution in [-0.4, -0.2) is 47.7 Å². The molecule has 0 radical (unpaired) electrons. The molecule has 1 aromatic carbocycles. The van der Waals surface area contributed by atoms with Crippen molar-refractivity contribution in [2.45, 2.75) is 53.6 Å². The van der Waals surface area contributed by atoms with Gasteiger partial charge in [0.15, 0.2) is 0 Å². The molecule has 0 heterocycles. The summed E-state index contributed by atoms with van der Waals surface area (Å²) in [6.07, 6.45) is 3.63. The zero-order chi connectivity index (χ0) is 25.0. The normalized spacial score (nSPS) is 14.2. The van der Waals surface area contributed by atoms with E-state index in [4.69, 9.17) is 4.74 Å². The van der Waals surface area contributed by atoms with Crippen molar-refractivity contribution in [1.29, 1.82) is 0 Å². The summed E-state index contributed by atoms with van der Waals surface area (Å²) in [6.45, 7) is 9.70. The number of hydrazine groups is 1. The number of allylic oxidation sites excluding steroid dienone is 1. The van der Waals surface area contributed by atoms with Gasteiger partial charge in [0, 0.05) is 13.7 Å². The first-order valence-electron chi connectivity index (χ1n) is 11.4. The number of rotatable bonds is 12. The van der Waals surface area contributed by atoms with Gasteiger partial charge in [-0.1, -0.05) is 70.2 Å². The maximum Gasteiger partial charge on any atom is 0.269 e. The van der Waals surface area contributed by atoms with Crippen molar-refractivity contribution in [3.63, 3.8) is 0 Å². The van der Waals surface area contributed by atoms with E-state index >= 15 is 0 Å². The molecule has 3 amide bonds. The summed E-state index contributed by atoms with van der Waals surface area (Å²) in [6, 6.07) is 9.60. The van der Waals surface area contributed by atoms with Crippen LogP contribution in [0.1, 0.15) is 53.0 Å². The van der Waals surface area contributed by atoms with Crippen molar-refractivity contribution in [1.82, 2.24) is 15.9 Å². The molecule has 33 heavy (non-hydrogen) atoms. The zero-order valence-electron chi connectivity index (χ0n) is 20.6. The number of hydrogen-bond donors (Lipinski definition) is 3. The summed E-state index contributed by atoms with van der Waals surface area (Å²) in [5.74, 6) is -2.79. The Balaban J connectivity index is 3.15. The Bertz CT molecular complexity index is 780. The second kappa shape index (κ2) is 14.4. The first-order chi connectivity index (χ1) is 15.6. The van der Waals surface area contributed by atoms with Gasteiger partial charge in [-0.3, -0.25) is 30.0 Å². The topological polar surface area (TPSA) is 108 Å². The molecule has 0 saturated heterocycles. The highest BCUT2D eigenvalue weighted by atomic mass is 16.5. The van der Waals surface area contributed by atoms with Crippen LogP contribution < -0.4 is 10.9 Å². The van der Waals surface area contributed by atoms with Gasteiger partial charge in [0.25, 0.3) is 5.91 Å². The van der Waals surface area contributed by atoms with Crippen LogP contribution in [0, 0.1) is 23.7 Å². The number of nitrogens with zero attached hydrogens (tertiary/aromatic N) is 1. The standard InChI is InChI=1S/C25H39N3O5/c1-17(2)15-22(23(29)26-28(16-18(3)4)25(31)19(5)33-6)21(24(30)27-32)14-10-13-20-11-8-7-9-12-20/h7-13,17-19,21-22,32H,14-16H2,1-6H3,(H,26,29)(H,27,30)/t19-,21+,22+/m1/s1. The third-order valence-electron chi connectivity index (χ3n) is 5.25. The minimum absolute atomic E-state index is 0.104. The monoisotopic (exact) mass is 461 g/mol. The molecular weight excluding hydrogens is 422 g/mol. The van der Waals surface area contributed by atoms with Gasteiger partial charge in [0.05, 0.1) is 11.8 Å². The summed E-state index contributed by atoms with van der Waals surface area (Å²) in [5.41, 5.74) is 5.39. The first-order valence-corrected chi connectivity index (χ1v) is 11.4. The van der Waals surface area contributed by atoms with Crippen molar-refractivity contribution in [2.75, 3.05) is 13.7 Å². The molecule has 8 nitrogen and oxygen atoms in total. The van der Waals surface area contributed by atoms with Gasteiger partial charge in [-0.2, -0.15) is 0 Å². The van der Waals surface area contributed by atoms with Gasteiger partial charge in [-0.25, -0.2) is 5.48 Å². The van der Waals surface area contributed by atoms with Crippen LogP contribution in [0.3, 0.4) is 0 Å². The molecule has 0 fully saturated rings. The average Bonchev–Trinajstić information content (AvgIpc) is 2.78. The molecule has 1 aromatic rings. The molecule has 3 N–H and O–H groups in total. The van der Waals surface area contributed by atoms with E-state index in [-0.39, 0.29) is 24.2 Å². The van der Waals surface area contributed by atoms with Gasteiger partial charge in [-0.05, 0) is 37.2 Å². The number of amides is 3. The number of carbonyl (C=O) groups excluding carboxylic acids is 3. The molecule has 0 aliphatic rings. The summed E-state index contributed by atoms with van der Waals surface area (Å²) in [4.78, 5) is 38.6. The number of benzene rings is 1. The van der Waals surface area contributed by atoms with E-state index in [0.29, 0.717) is 13.0 Å². The van der Waals surface area contributed by atoms with Crippen molar-refractivity contribution in [3.8, 4) is 0 Å². The lowest BCUT2D eigenvalue weighted by Crippen LogP contribution is -2.54. The second-order valence-electron chi connectivity index (χ2n) is 9.06. The lowest BCUT2D eigenvalue weighted by Gasteiger charge is -2.31. The first kappa shape index (κ1) is 28.3. The van der Waals surface area contributed by atoms with Crippen LogP contribution in [0.25, 0.3) is 6.08 Å². The number of hydroxylamine groups is 1. The van der Waals surface area contributed by atoms with E-state index in [2.05, 4.69) is 5.43 Å². The van der Waals surface area contributed by atoms with E-state index < -0.39 is 29.8 Å². The molecule has 3 atom stereocenters. The molecule has 0 spiro atoms. The predicted molar refractivity (Wildman–Crippen MR) is 128 cm³/mol. The Morgan fingerprint density at radius 1 is 1.00 bits per heavy atom. The molecule has 0 saturated carbocycles. The lowest BCUT2D eigenvalue weighted by molar-refractivity contribution is -0.152. The Kier molecular flexibility index (Phi) is 12.4. The van der Waals surface area contributed by atoms with E-state index in [9.17, 15) is 19.6 Å². The molecule has 0 aliphatic heterocycles. The number of hydrogen-bond acceptors (Lipinski definition) is 5. The second-order valence-corrected chi connectivity index (χ2v) is 9.06. The summed E-state index contributed by atoms with van der Waals surface area (Å²) in [5, 5.41) is 10.6. The lowest BCUT2D eigenvalue weighted by atomic mass is 9.82. The highest BCUT2D eigenvalue weighted by Gasteiger charge is 2.35. The average molecular weight is 462 g/mol. The molecule has 0 aliphatic carbocycles. The van der Waals surface area contributed by atoms with Gasteiger partial charge >= 0.3 is 0 Å². The van der Waals surface area contributed by atoms with Crippen molar-refractivity contribution >= 4 is 23.8 Å². The van der Waals surface area contributed by atoms with Gasteiger partial charge in [0.1, 0.15) is 6.10 Å². The summed E-state index contributed by atoms with van der Waals surface area (Å²) >= 11 is 0. The molecule has 1 rings (SSSR count). The zero-order valence-corrected chi connectivity index (χ0v) is 20.6. The third-order valence-corrected chi connectivity index (χ3v) is 5.25. The summed E-state index contributed by atoms with van der Waals surface area (Å²) in [7, 11) is 1.43. The van der Waals surface area contributed by atoms with Gasteiger partial charge in [0.2, 0.25) is 11.8 Å². The van der Waals surface area contributed by atoms with E-state index in [1.165, 1.54) is 12.1 Å². The molecule has 184 valence electrons.